The van der Waals surface area contributed by atoms with Crippen LogP contribution in [0.25, 0.3) is 0 Å². The standard InChI is InChI=1S/C22H22Cl2N4O2S/c1-22(2,3)28(21(29)30)16-8-5-9-17(11-16)31-13-14-6-4-7-15(10-14)26-19-18(23)12-25-20(24)27-19/h4-12H,13H2,1-3H3,(H,29,30)(H,25,26,27). The minimum Gasteiger partial charge on any atom is -0.465 e. The maximum Gasteiger partial charge on any atom is 0.412 e. The molecular formula is C22H22Cl2N4O2S. The van der Waals surface area contributed by atoms with Crippen molar-refractivity contribution in [3.05, 3.63) is 70.6 Å². The lowest BCUT2D eigenvalue weighted by atomic mass is 10.1. The van der Waals surface area contributed by atoms with Gasteiger partial charge in [-0.15, -0.1) is 11.8 Å². The van der Waals surface area contributed by atoms with Gasteiger partial charge < -0.3 is 10.4 Å². The van der Waals surface area contributed by atoms with Gasteiger partial charge in [-0.1, -0.05) is 29.8 Å². The highest BCUT2D eigenvalue weighted by Crippen LogP contribution is 2.31. The van der Waals surface area contributed by atoms with Crippen molar-refractivity contribution in [2.75, 3.05) is 10.2 Å². The number of aromatic nitrogens is 2. The number of carboxylic acid groups (broad SMARTS) is 1. The molecule has 31 heavy (non-hydrogen) atoms. The maximum atomic E-state index is 11.8. The Bertz CT molecular complexity index is 1090. The first-order chi connectivity index (χ1) is 14.6. The van der Waals surface area contributed by atoms with Crippen LogP contribution in [0.15, 0.2) is 59.6 Å². The molecule has 0 radical (unpaired) electrons. The van der Waals surface area contributed by atoms with Crippen molar-refractivity contribution >= 4 is 58.2 Å². The number of halogens is 2. The average molecular weight is 477 g/mol. The smallest absolute Gasteiger partial charge is 0.412 e. The molecule has 9 heteroatoms. The van der Waals surface area contributed by atoms with Crippen molar-refractivity contribution in [3.63, 3.8) is 0 Å². The van der Waals surface area contributed by atoms with E-state index in [1.807, 2.05) is 69.3 Å². The molecule has 1 heterocycles. The Morgan fingerprint density at radius 3 is 2.61 bits per heavy atom. The Morgan fingerprint density at radius 2 is 1.90 bits per heavy atom. The minimum absolute atomic E-state index is 0.115. The van der Waals surface area contributed by atoms with Gasteiger partial charge >= 0.3 is 6.09 Å². The van der Waals surface area contributed by atoms with Crippen LogP contribution in [0.1, 0.15) is 26.3 Å². The number of rotatable bonds is 6. The molecule has 3 rings (SSSR count). The Labute approximate surface area is 195 Å². The first kappa shape index (κ1) is 23.2. The number of hydrogen-bond acceptors (Lipinski definition) is 5. The van der Waals surface area contributed by atoms with Crippen LogP contribution in [0.4, 0.5) is 22.0 Å². The number of carbonyl (C=O) groups is 1. The van der Waals surface area contributed by atoms with Crippen LogP contribution in [0.3, 0.4) is 0 Å². The molecule has 162 valence electrons. The van der Waals surface area contributed by atoms with E-state index in [0.717, 1.165) is 16.1 Å². The lowest BCUT2D eigenvalue weighted by Crippen LogP contribution is -2.45. The number of benzene rings is 2. The van der Waals surface area contributed by atoms with Crippen LogP contribution in [-0.4, -0.2) is 26.7 Å². The lowest BCUT2D eigenvalue weighted by Gasteiger charge is -2.33. The van der Waals surface area contributed by atoms with Crippen molar-refractivity contribution in [1.82, 2.24) is 9.97 Å². The average Bonchev–Trinajstić information content (AvgIpc) is 2.68. The molecule has 0 bridgehead atoms. The first-order valence-corrected chi connectivity index (χ1v) is 11.2. The van der Waals surface area contributed by atoms with E-state index in [9.17, 15) is 9.90 Å². The molecule has 1 aromatic heterocycles. The summed E-state index contributed by atoms with van der Waals surface area (Å²) in [6, 6.07) is 15.4. The van der Waals surface area contributed by atoms with Crippen LogP contribution >= 0.6 is 35.0 Å². The van der Waals surface area contributed by atoms with Gasteiger partial charge in [-0.25, -0.2) is 9.78 Å². The third-order valence-electron chi connectivity index (χ3n) is 4.25. The monoisotopic (exact) mass is 476 g/mol. The van der Waals surface area contributed by atoms with Crippen LogP contribution in [0.2, 0.25) is 10.3 Å². The summed E-state index contributed by atoms with van der Waals surface area (Å²) in [5.41, 5.74) is 2.02. The van der Waals surface area contributed by atoms with Gasteiger partial charge in [-0.05, 0) is 68.3 Å². The van der Waals surface area contributed by atoms with Gasteiger partial charge in [0.05, 0.1) is 6.20 Å². The van der Waals surface area contributed by atoms with Crippen LogP contribution in [0.5, 0.6) is 0 Å². The SMILES string of the molecule is CC(C)(C)N(C(=O)O)c1cccc(SCc2cccc(Nc3nc(Cl)ncc3Cl)c2)c1. The fourth-order valence-corrected chi connectivity index (χ4v) is 4.14. The summed E-state index contributed by atoms with van der Waals surface area (Å²) in [5, 5.41) is 13.3. The Kier molecular flexibility index (Phi) is 7.30. The second-order valence-electron chi connectivity index (χ2n) is 7.74. The fourth-order valence-electron chi connectivity index (χ4n) is 2.97. The summed E-state index contributed by atoms with van der Waals surface area (Å²) in [5.74, 6) is 1.15. The Morgan fingerprint density at radius 1 is 1.16 bits per heavy atom. The molecule has 0 aliphatic carbocycles. The summed E-state index contributed by atoms with van der Waals surface area (Å²) in [4.78, 5) is 22.1. The molecule has 1 amide bonds. The molecule has 0 unspecified atom stereocenters. The fraction of sp³-hybridized carbons (Fsp3) is 0.227. The van der Waals surface area contributed by atoms with Gasteiger partial charge in [0.2, 0.25) is 5.28 Å². The molecular weight excluding hydrogens is 455 g/mol. The zero-order chi connectivity index (χ0) is 22.6. The molecule has 0 fully saturated rings. The zero-order valence-corrected chi connectivity index (χ0v) is 19.6. The summed E-state index contributed by atoms with van der Waals surface area (Å²) >= 11 is 13.6. The van der Waals surface area contributed by atoms with Gasteiger partial charge in [0.25, 0.3) is 0 Å². The van der Waals surface area contributed by atoms with Crippen molar-refractivity contribution in [1.29, 1.82) is 0 Å². The Balaban J connectivity index is 1.73. The zero-order valence-electron chi connectivity index (χ0n) is 17.3. The molecule has 0 atom stereocenters. The predicted molar refractivity (Wildman–Crippen MR) is 128 cm³/mol. The van der Waals surface area contributed by atoms with Gasteiger partial charge in [0.15, 0.2) is 5.82 Å². The third kappa shape index (κ3) is 6.26. The molecule has 3 aromatic rings. The van der Waals surface area contributed by atoms with E-state index in [1.54, 1.807) is 11.8 Å². The van der Waals surface area contributed by atoms with Crippen molar-refractivity contribution < 1.29 is 9.90 Å². The van der Waals surface area contributed by atoms with Crippen molar-refractivity contribution in [3.8, 4) is 0 Å². The number of hydrogen-bond donors (Lipinski definition) is 2. The quantitative estimate of drug-likeness (QED) is 0.291. The second-order valence-corrected chi connectivity index (χ2v) is 9.53. The molecule has 2 aromatic carbocycles. The highest BCUT2D eigenvalue weighted by atomic mass is 35.5. The predicted octanol–water partition coefficient (Wildman–Crippen LogP) is 7.10. The highest BCUT2D eigenvalue weighted by Gasteiger charge is 2.27. The molecule has 2 N–H and O–H groups in total. The number of nitrogens with zero attached hydrogens (tertiary/aromatic N) is 3. The van der Waals surface area contributed by atoms with Crippen LogP contribution in [-0.2, 0) is 5.75 Å². The second kappa shape index (κ2) is 9.77. The summed E-state index contributed by atoms with van der Waals surface area (Å²) in [6.07, 6.45) is 0.473. The van der Waals surface area contributed by atoms with E-state index in [1.165, 1.54) is 11.1 Å². The van der Waals surface area contributed by atoms with Crippen molar-refractivity contribution in [2.45, 2.75) is 37.0 Å². The van der Waals surface area contributed by atoms with Gasteiger partial charge in [0, 0.05) is 27.6 Å². The number of thioether (sulfide) groups is 1. The van der Waals surface area contributed by atoms with Crippen LogP contribution < -0.4 is 10.2 Å². The topological polar surface area (TPSA) is 78.4 Å². The van der Waals surface area contributed by atoms with Crippen LogP contribution in [0, 0.1) is 0 Å². The van der Waals surface area contributed by atoms with E-state index < -0.39 is 11.6 Å². The highest BCUT2D eigenvalue weighted by molar-refractivity contribution is 7.98. The van der Waals surface area contributed by atoms with E-state index in [0.29, 0.717) is 22.3 Å². The molecule has 0 saturated carbocycles. The molecule has 0 aliphatic rings. The Hall–Kier alpha value is -2.48. The number of nitrogens with one attached hydrogen (secondary N) is 1. The first-order valence-electron chi connectivity index (χ1n) is 9.43. The number of amides is 1. The largest absolute Gasteiger partial charge is 0.465 e. The lowest BCUT2D eigenvalue weighted by molar-refractivity contribution is 0.195. The van der Waals surface area contributed by atoms with Gasteiger partial charge in [-0.3, -0.25) is 4.90 Å². The van der Waals surface area contributed by atoms with Gasteiger partial charge in [0.1, 0.15) is 5.02 Å². The summed E-state index contributed by atoms with van der Waals surface area (Å²) in [7, 11) is 0. The van der Waals surface area contributed by atoms with Crippen molar-refractivity contribution in [2.24, 2.45) is 0 Å². The van der Waals surface area contributed by atoms with E-state index in [4.69, 9.17) is 23.2 Å². The molecule has 0 spiro atoms. The van der Waals surface area contributed by atoms with E-state index >= 15 is 0 Å². The summed E-state index contributed by atoms with van der Waals surface area (Å²) in [6.45, 7) is 5.61. The number of anilines is 3. The molecule has 0 aliphatic heterocycles. The van der Waals surface area contributed by atoms with E-state index in [2.05, 4.69) is 15.3 Å². The molecule has 6 nitrogen and oxygen atoms in total. The van der Waals surface area contributed by atoms with Gasteiger partial charge in [-0.2, -0.15) is 4.98 Å². The normalized spacial score (nSPS) is 11.3. The molecule has 0 saturated heterocycles. The third-order valence-corrected chi connectivity index (χ3v) is 5.77. The maximum absolute atomic E-state index is 11.8. The minimum atomic E-state index is -0.975. The van der Waals surface area contributed by atoms with E-state index in [-0.39, 0.29) is 5.28 Å². The summed E-state index contributed by atoms with van der Waals surface area (Å²) < 4.78 is 0.